The van der Waals surface area contributed by atoms with Gasteiger partial charge in [0, 0.05) is 12.2 Å². The van der Waals surface area contributed by atoms with Gasteiger partial charge in [0.2, 0.25) is 16.5 Å². The van der Waals surface area contributed by atoms with Crippen molar-refractivity contribution in [2.75, 3.05) is 18.1 Å². The van der Waals surface area contributed by atoms with Crippen molar-refractivity contribution in [3.63, 3.8) is 0 Å². The Labute approximate surface area is 215 Å². The van der Waals surface area contributed by atoms with Gasteiger partial charge in [-0.25, -0.2) is 4.18 Å². The second-order valence-electron chi connectivity index (χ2n) is 5.60. The standard InChI is InChI=1S/C14H15Cl2N4O2S.C2H6O4S.Na/c1-2-3-4-9-20(14-18-12(15)17-13(16)19-14)10-5-7-11(8-6-10)23(21)22;1-2-6-7(3,4)5;/h5-8H,2-4,9H2,1H3;2H2,1H3,(H,3,4,5);/q-1;;+1. The van der Waals surface area contributed by atoms with Crippen LogP contribution >= 0.6 is 23.2 Å². The molecule has 1 heterocycles. The van der Waals surface area contributed by atoms with Crippen LogP contribution in [0.3, 0.4) is 0 Å². The van der Waals surface area contributed by atoms with Crippen LogP contribution in [0.25, 0.3) is 0 Å². The molecule has 0 atom stereocenters. The van der Waals surface area contributed by atoms with Crippen LogP contribution in [0, 0.1) is 0 Å². The number of benzene rings is 1. The number of unbranched alkanes of at least 4 members (excludes halogenated alkanes) is 2. The Morgan fingerprint density at radius 2 is 1.58 bits per heavy atom. The first-order valence-electron chi connectivity index (χ1n) is 8.73. The molecule has 2 aromatic rings. The predicted octanol–water partition coefficient (Wildman–Crippen LogP) is 1.00. The van der Waals surface area contributed by atoms with Crippen molar-refractivity contribution in [1.82, 2.24) is 15.0 Å². The molecule has 15 heteroatoms. The van der Waals surface area contributed by atoms with E-state index in [1.54, 1.807) is 12.1 Å². The molecule has 0 unspecified atom stereocenters. The van der Waals surface area contributed by atoms with E-state index in [0.29, 0.717) is 12.5 Å². The normalized spacial score (nSPS) is 10.8. The number of rotatable bonds is 9. The SMILES string of the molecule is CCCCCN(c1ccc([S-](=O)=O)cc1)c1nc(Cl)nc(Cl)n1.CCOS(=O)(=O)O.[Na+]. The second-order valence-corrected chi connectivity index (χ2v) is 8.30. The first kappa shape index (κ1) is 30.4. The summed E-state index contributed by atoms with van der Waals surface area (Å²) in [7, 11) is -6.44. The molecule has 0 radical (unpaired) electrons. The molecule has 0 amide bonds. The maximum Gasteiger partial charge on any atom is 1.00 e. The number of aromatic nitrogens is 3. The van der Waals surface area contributed by atoms with Crippen molar-refractivity contribution < 1.29 is 55.1 Å². The summed E-state index contributed by atoms with van der Waals surface area (Å²) in [4.78, 5) is 14.0. The molecule has 0 bridgehead atoms. The van der Waals surface area contributed by atoms with Crippen LogP contribution in [-0.4, -0.2) is 41.1 Å². The van der Waals surface area contributed by atoms with Gasteiger partial charge in [-0.2, -0.15) is 23.4 Å². The number of nitrogens with zero attached hydrogens (tertiary/aromatic N) is 4. The van der Waals surface area contributed by atoms with E-state index >= 15 is 0 Å². The van der Waals surface area contributed by atoms with Gasteiger partial charge in [0.15, 0.2) is 0 Å². The number of hydrogen-bond donors (Lipinski definition) is 1. The fraction of sp³-hybridized carbons (Fsp3) is 0.438. The zero-order chi connectivity index (χ0) is 22.7. The fourth-order valence-corrected chi connectivity index (χ4v) is 3.20. The first-order valence-corrected chi connectivity index (χ1v) is 11.9. The maximum absolute atomic E-state index is 11.0. The second kappa shape index (κ2) is 15.3. The van der Waals surface area contributed by atoms with Crippen molar-refractivity contribution in [1.29, 1.82) is 0 Å². The molecular weight excluding hydrogens is 502 g/mol. The van der Waals surface area contributed by atoms with Crippen molar-refractivity contribution in [2.24, 2.45) is 0 Å². The molecule has 0 aliphatic carbocycles. The molecule has 1 aromatic heterocycles. The van der Waals surface area contributed by atoms with E-state index in [-0.39, 0.29) is 51.6 Å². The molecule has 0 saturated carbocycles. The van der Waals surface area contributed by atoms with Gasteiger partial charge in [0.1, 0.15) is 0 Å². The van der Waals surface area contributed by atoms with Gasteiger partial charge in [-0.1, -0.05) is 36.8 Å². The van der Waals surface area contributed by atoms with Gasteiger partial charge in [-0.15, -0.1) is 0 Å². The van der Waals surface area contributed by atoms with Crippen LogP contribution in [0.4, 0.5) is 11.6 Å². The van der Waals surface area contributed by atoms with E-state index in [1.165, 1.54) is 19.1 Å². The minimum absolute atomic E-state index is 0. The largest absolute Gasteiger partial charge is 1.00 e. The molecule has 0 spiro atoms. The first-order chi connectivity index (χ1) is 14.1. The Kier molecular flexibility index (Phi) is 15.0. The van der Waals surface area contributed by atoms with Crippen LogP contribution in [0.2, 0.25) is 10.6 Å². The quantitative estimate of drug-likeness (QED) is 0.219. The Hall–Kier alpha value is -0.570. The van der Waals surface area contributed by atoms with E-state index in [4.69, 9.17) is 27.8 Å². The molecule has 0 aliphatic heterocycles. The molecule has 0 fully saturated rings. The smallest absolute Gasteiger partial charge is 0.420 e. The fourth-order valence-electron chi connectivity index (χ4n) is 2.19. The number of hydrogen-bond acceptors (Lipinski definition) is 10. The van der Waals surface area contributed by atoms with Crippen LogP contribution < -0.4 is 34.5 Å². The minimum atomic E-state index is -4.17. The molecule has 31 heavy (non-hydrogen) atoms. The molecule has 0 saturated heterocycles. The predicted molar refractivity (Wildman–Crippen MR) is 113 cm³/mol. The minimum Gasteiger partial charge on any atom is -0.420 e. The Morgan fingerprint density at radius 3 is 1.97 bits per heavy atom. The topological polar surface area (TPSA) is 140 Å². The summed E-state index contributed by atoms with van der Waals surface area (Å²) >= 11 is 11.7. The van der Waals surface area contributed by atoms with Crippen LogP contribution in [0.15, 0.2) is 29.2 Å². The van der Waals surface area contributed by atoms with Crippen molar-refractivity contribution in [2.45, 2.75) is 38.0 Å². The summed E-state index contributed by atoms with van der Waals surface area (Å²) in [5, 5.41) is 0.0237. The van der Waals surface area contributed by atoms with Gasteiger partial charge >= 0.3 is 40.0 Å². The summed E-state index contributed by atoms with van der Waals surface area (Å²) in [6.45, 7) is 4.20. The van der Waals surface area contributed by atoms with Gasteiger partial charge in [0.25, 0.3) is 0 Å². The molecule has 168 valence electrons. The zero-order valence-electron chi connectivity index (χ0n) is 17.2. The average Bonchev–Trinajstić information content (AvgIpc) is 2.64. The maximum atomic E-state index is 11.0. The van der Waals surface area contributed by atoms with Crippen molar-refractivity contribution in [3.05, 3.63) is 34.8 Å². The van der Waals surface area contributed by atoms with E-state index in [1.807, 2.05) is 4.90 Å². The number of anilines is 2. The summed E-state index contributed by atoms with van der Waals surface area (Å²) in [6, 6.07) is 6.44. The van der Waals surface area contributed by atoms with E-state index in [2.05, 4.69) is 26.1 Å². The third-order valence-electron chi connectivity index (χ3n) is 3.40. The molecule has 0 aliphatic rings. The van der Waals surface area contributed by atoms with Crippen LogP contribution in [0.5, 0.6) is 0 Å². The number of halogens is 2. The third-order valence-corrected chi connectivity index (χ3v) is 4.93. The Balaban J connectivity index is 0.000000975. The van der Waals surface area contributed by atoms with Crippen LogP contribution in [-0.2, 0) is 33.7 Å². The van der Waals surface area contributed by atoms with Gasteiger partial charge in [-0.05, 0) is 59.4 Å². The molecule has 1 N–H and O–H groups in total. The van der Waals surface area contributed by atoms with Crippen molar-refractivity contribution >= 4 is 55.9 Å². The van der Waals surface area contributed by atoms with E-state index in [9.17, 15) is 16.8 Å². The summed E-state index contributed by atoms with van der Waals surface area (Å²) in [5.41, 5.74) is 0.758. The monoisotopic (exact) mass is 522 g/mol. The molecule has 10 nitrogen and oxygen atoms in total. The van der Waals surface area contributed by atoms with Crippen LogP contribution in [0.1, 0.15) is 33.1 Å². The Morgan fingerprint density at radius 1 is 1.03 bits per heavy atom. The summed E-state index contributed by atoms with van der Waals surface area (Å²) < 4.78 is 52.6. The molecule has 2 rings (SSSR count). The van der Waals surface area contributed by atoms with Gasteiger partial charge in [0.05, 0.1) is 6.61 Å². The zero-order valence-corrected chi connectivity index (χ0v) is 22.3. The van der Waals surface area contributed by atoms with E-state index < -0.39 is 21.1 Å². The van der Waals surface area contributed by atoms with Gasteiger partial charge < -0.3 is 13.3 Å². The Bertz CT molecular complexity index is 966. The van der Waals surface area contributed by atoms with Crippen molar-refractivity contribution in [3.8, 4) is 0 Å². The molecular formula is C16H21Cl2N4NaO6S2. The summed E-state index contributed by atoms with van der Waals surface area (Å²) in [6.07, 6.45) is 3.04. The summed E-state index contributed by atoms with van der Waals surface area (Å²) in [5.74, 6) is 0.335. The van der Waals surface area contributed by atoms with E-state index in [0.717, 1.165) is 24.9 Å². The molecule has 1 aromatic carbocycles. The third kappa shape index (κ3) is 12.3. The van der Waals surface area contributed by atoms with Gasteiger partial charge in [-0.3, -0.25) is 4.55 Å². The average molecular weight is 523 g/mol.